The predicted octanol–water partition coefficient (Wildman–Crippen LogP) is 6.34. The third kappa shape index (κ3) is 6.58. The molecule has 0 aliphatic carbocycles. The quantitative estimate of drug-likeness (QED) is 0.389. The molecule has 0 saturated carbocycles. The maximum Gasteiger partial charge on any atom is 0.345 e. The number of sulfone groups is 1. The first-order valence-electron chi connectivity index (χ1n) is 10.6. The lowest BCUT2D eigenvalue weighted by Gasteiger charge is -2.28. The van der Waals surface area contributed by atoms with Crippen LogP contribution in [0.4, 0.5) is 0 Å². The average Bonchev–Trinajstić information content (AvgIpc) is 2.75. The van der Waals surface area contributed by atoms with Crippen LogP contribution in [0.15, 0.2) is 65.6 Å². The molecule has 0 aliphatic heterocycles. The molecule has 1 unspecified atom stereocenters. The Bertz CT molecular complexity index is 1440. The van der Waals surface area contributed by atoms with Crippen LogP contribution >= 0.6 is 23.2 Å². The Hall–Kier alpha value is -2.98. The first-order chi connectivity index (χ1) is 16.3. The molecule has 0 bridgehead atoms. The van der Waals surface area contributed by atoms with E-state index < -0.39 is 27.3 Å². The number of carboxylic acid groups (broad SMARTS) is 1. The summed E-state index contributed by atoms with van der Waals surface area (Å²) in [5.41, 5.74) is 1.23. The zero-order valence-electron chi connectivity index (χ0n) is 19.6. The Morgan fingerprint density at radius 1 is 0.971 bits per heavy atom. The van der Waals surface area contributed by atoms with E-state index in [1.54, 1.807) is 75.4 Å². The van der Waals surface area contributed by atoms with E-state index in [1.165, 1.54) is 6.07 Å². The molecule has 1 atom stereocenters. The first kappa shape index (κ1) is 26.6. The fraction of sp³-hybridized carbons (Fsp3) is 0.222. The molecule has 3 aromatic rings. The molecule has 35 heavy (non-hydrogen) atoms. The highest BCUT2D eigenvalue weighted by molar-refractivity contribution is 7.90. The summed E-state index contributed by atoms with van der Waals surface area (Å²) in [6.45, 7) is 5.29. The summed E-state index contributed by atoms with van der Waals surface area (Å²) in [7, 11) is -3.60. The van der Waals surface area contributed by atoms with Crippen molar-refractivity contribution in [2.75, 3.05) is 6.26 Å². The summed E-state index contributed by atoms with van der Waals surface area (Å²) in [6, 6.07) is 16.6. The number of ether oxygens (including phenoxy) is 1. The molecule has 0 heterocycles. The van der Waals surface area contributed by atoms with Crippen molar-refractivity contribution in [1.82, 2.24) is 0 Å². The molecule has 0 aromatic heterocycles. The molecule has 5 nitrogen and oxygen atoms in total. The third-order valence-corrected chi connectivity index (χ3v) is 6.79. The van der Waals surface area contributed by atoms with Crippen LogP contribution in [0.2, 0.25) is 10.0 Å². The zero-order valence-corrected chi connectivity index (χ0v) is 21.9. The lowest BCUT2D eigenvalue weighted by molar-refractivity contribution is -0.150. The van der Waals surface area contributed by atoms with E-state index in [0.717, 1.165) is 6.26 Å². The second-order valence-corrected chi connectivity index (χ2v) is 11.9. The first-order valence-corrected chi connectivity index (χ1v) is 13.2. The van der Waals surface area contributed by atoms with E-state index in [1.807, 2.05) is 0 Å². The highest BCUT2D eigenvalue weighted by Crippen LogP contribution is 2.33. The van der Waals surface area contributed by atoms with Gasteiger partial charge in [0.15, 0.2) is 15.9 Å². The zero-order chi connectivity index (χ0) is 26.0. The van der Waals surface area contributed by atoms with Gasteiger partial charge in [0.1, 0.15) is 5.75 Å². The van der Waals surface area contributed by atoms with Crippen LogP contribution in [-0.4, -0.2) is 31.9 Å². The minimum Gasteiger partial charge on any atom is -0.478 e. The van der Waals surface area contributed by atoms with Gasteiger partial charge in [-0.1, -0.05) is 80.1 Å². The Morgan fingerprint density at radius 3 is 2.26 bits per heavy atom. The van der Waals surface area contributed by atoms with Crippen molar-refractivity contribution >= 4 is 39.0 Å². The molecular weight excluding hydrogens is 507 g/mol. The van der Waals surface area contributed by atoms with Crippen LogP contribution in [-0.2, 0) is 14.6 Å². The van der Waals surface area contributed by atoms with Crippen LogP contribution in [0, 0.1) is 17.3 Å². The predicted molar refractivity (Wildman–Crippen MR) is 139 cm³/mol. The Kier molecular flexibility index (Phi) is 7.86. The Balaban J connectivity index is 2.08. The molecule has 0 amide bonds. The second kappa shape index (κ2) is 10.3. The van der Waals surface area contributed by atoms with Crippen molar-refractivity contribution in [1.29, 1.82) is 0 Å². The molecule has 3 aromatic carbocycles. The van der Waals surface area contributed by atoms with Gasteiger partial charge in [0.2, 0.25) is 0 Å². The van der Waals surface area contributed by atoms with Crippen molar-refractivity contribution in [3.8, 4) is 28.7 Å². The fourth-order valence-electron chi connectivity index (χ4n) is 3.38. The lowest BCUT2D eigenvalue weighted by atomic mass is 9.89. The number of carbonyl (C=O) groups is 1. The molecule has 0 spiro atoms. The number of rotatable bonds is 5. The standard InChI is InChI=1S/C27H24Cl2O5S/c1-27(2,3)25(26(30)31)34-23-14-12-19(28)16-18(23)11-9-17-10-13-21(24(15-17)35(4,32)33)20-7-5-6-8-22(20)29/h5-8,10,12-16,25H,1-4H3,(H,30,31). The average molecular weight is 531 g/mol. The molecule has 8 heteroatoms. The smallest absolute Gasteiger partial charge is 0.345 e. The van der Waals surface area contributed by atoms with E-state index in [0.29, 0.717) is 32.3 Å². The number of aliphatic carboxylic acids is 1. The highest BCUT2D eigenvalue weighted by atomic mass is 35.5. The number of carboxylic acids is 1. The number of hydrogen-bond acceptors (Lipinski definition) is 4. The highest BCUT2D eigenvalue weighted by Gasteiger charge is 2.33. The minimum absolute atomic E-state index is 0.0960. The maximum absolute atomic E-state index is 12.6. The Labute approximate surface area is 215 Å². The summed E-state index contributed by atoms with van der Waals surface area (Å²) in [4.78, 5) is 11.9. The van der Waals surface area contributed by atoms with Crippen LogP contribution in [0.1, 0.15) is 31.9 Å². The summed E-state index contributed by atoms with van der Waals surface area (Å²) >= 11 is 12.4. The molecule has 0 saturated heterocycles. The van der Waals surface area contributed by atoms with E-state index in [-0.39, 0.29) is 10.6 Å². The van der Waals surface area contributed by atoms with E-state index in [9.17, 15) is 18.3 Å². The largest absolute Gasteiger partial charge is 0.478 e. The summed E-state index contributed by atoms with van der Waals surface area (Å²) in [6.07, 6.45) is 0.0115. The third-order valence-electron chi connectivity index (χ3n) is 5.08. The van der Waals surface area contributed by atoms with E-state index in [4.69, 9.17) is 27.9 Å². The van der Waals surface area contributed by atoms with Crippen LogP contribution in [0.3, 0.4) is 0 Å². The van der Waals surface area contributed by atoms with Crippen LogP contribution in [0.5, 0.6) is 5.75 Å². The molecule has 0 radical (unpaired) electrons. The fourth-order valence-corrected chi connectivity index (χ4v) is 4.70. The molecule has 0 fully saturated rings. The Morgan fingerprint density at radius 2 is 1.66 bits per heavy atom. The van der Waals surface area contributed by atoms with Gasteiger partial charge >= 0.3 is 5.97 Å². The summed E-state index contributed by atoms with van der Waals surface area (Å²) in [5, 5.41) is 10.4. The van der Waals surface area contributed by atoms with Crippen molar-refractivity contribution in [2.45, 2.75) is 31.8 Å². The maximum atomic E-state index is 12.6. The topological polar surface area (TPSA) is 80.7 Å². The second-order valence-electron chi connectivity index (χ2n) is 9.06. The SMILES string of the molecule is CC(C)(C)C(Oc1ccc(Cl)cc1C#Cc1ccc(-c2ccccc2Cl)c(S(C)(=O)=O)c1)C(=O)O. The van der Waals surface area contributed by atoms with Crippen molar-refractivity contribution in [3.63, 3.8) is 0 Å². The normalized spacial score (nSPS) is 12.4. The van der Waals surface area contributed by atoms with Crippen LogP contribution in [0.25, 0.3) is 11.1 Å². The van der Waals surface area contributed by atoms with Gasteiger partial charge < -0.3 is 9.84 Å². The van der Waals surface area contributed by atoms with Gasteiger partial charge in [-0.05, 0) is 36.4 Å². The molecule has 0 aliphatic rings. The minimum atomic E-state index is -3.60. The van der Waals surface area contributed by atoms with Gasteiger partial charge in [-0.25, -0.2) is 13.2 Å². The van der Waals surface area contributed by atoms with Gasteiger partial charge in [0.05, 0.1) is 10.5 Å². The van der Waals surface area contributed by atoms with E-state index >= 15 is 0 Å². The van der Waals surface area contributed by atoms with Gasteiger partial charge in [-0.3, -0.25) is 0 Å². The molecule has 3 rings (SSSR count). The van der Waals surface area contributed by atoms with Crippen molar-refractivity contribution in [2.24, 2.45) is 5.41 Å². The summed E-state index contributed by atoms with van der Waals surface area (Å²) in [5.74, 6) is 5.05. The van der Waals surface area contributed by atoms with Gasteiger partial charge in [0.25, 0.3) is 0 Å². The van der Waals surface area contributed by atoms with Crippen molar-refractivity contribution in [3.05, 3.63) is 81.8 Å². The number of benzene rings is 3. The number of halogens is 2. The monoisotopic (exact) mass is 530 g/mol. The summed E-state index contributed by atoms with van der Waals surface area (Å²) < 4.78 is 30.9. The number of hydrogen-bond donors (Lipinski definition) is 1. The van der Waals surface area contributed by atoms with Gasteiger partial charge in [-0.15, -0.1) is 0 Å². The van der Waals surface area contributed by atoms with Gasteiger partial charge in [0, 0.05) is 38.4 Å². The van der Waals surface area contributed by atoms with E-state index in [2.05, 4.69) is 11.8 Å². The molecule has 182 valence electrons. The lowest BCUT2D eigenvalue weighted by Crippen LogP contribution is -2.39. The van der Waals surface area contributed by atoms with Crippen molar-refractivity contribution < 1.29 is 23.1 Å². The van der Waals surface area contributed by atoms with Gasteiger partial charge in [-0.2, -0.15) is 0 Å². The molecular formula is C27H24Cl2O5S. The molecule has 1 N–H and O–H groups in total. The van der Waals surface area contributed by atoms with Crippen LogP contribution < -0.4 is 4.74 Å².